The Kier molecular flexibility index (Phi) is 9.73. The molecule has 0 fully saturated rings. The number of halogens is 2. The molecule has 4 rings (SSSR count). The summed E-state index contributed by atoms with van der Waals surface area (Å²) in [5, 5.41) is 4.46. The second-order valence-electron chi connectivity index (χ2n) is 7.64. The maximum atomic E-state index is 11.6. The predicted molar refractivity (Wildman–Crippen MR) is 137 cm³/mol. The van der Waals surface area contributed by atoms with Gasteiger partial charge in [0.15, 0.2) is 0 Å². The van der Waals surface area contributed by atoms with Crippen molar-refractivity contribution < 1.29 is 22.7 Å². The first-order chi connectivity index (χ1) is 16.7. The molecule has 0 unspecified atom stereocenters. The molecule has 0 radical (unpaired) electrons. The van der Waals surface area contributed by atoms with Gasteiger partial charge < -0.3 is 9.47 Å². The number of ether oxygens (including phenoxy) is 2. The van der Waals surface area contributed by atoms with Gasteiger partial charge in [0.1, 0.15) is 18.0 Å². The summed E-state index contributed by atoms with van der Waals surface area (Å²) >= 11 is 9.38. The second kappa shape index (κ2) is 12.5. The van der Waals surface area contributed by atoms with Crippen LogP contribution in [0.15, 0.2) is 58.0 Å². The van der Waals surface area contributed by atoms with Gasteiger partial charge in [-0.25, -0.2) is 13.1 Å². The van der Waals surface area contributed by atoms with E-state index in [0.717, 1.165) is 17.3 Å². The third kappa shape index (κ3) is 7.54. The topological polar surface area (TPSA) is 99.5 Å². The highest BCUT2D eigenvalue weighted by Gasteiger charge is 2.17. The zero-order valence-electron chi connectivity index (χ0n) is 19.5. The van der Waals surface area contributed by atoms with Crippen LogP contribution < -0.4 is 9.46 Å². The highest BCUT2D eigenvalue weighted by atomic mass is 79.9. The number of aromatic nitrogens is 2. The van der Waals surface area contributed by atoms with Gasteiger partial charge in [-0.15, -0.1) is 0 Å². The van der Waals surface area contributed by atoms with Gasteiger partial charge in [-0.1, -0.05) is 27.5 Å². The molecule has 0 amide bonds. The van der Waals surface area contributed by atoms with Crippen LogP contribution >= 0.6 is 27.5 Å². The molecule has 0 atom stereocenters. The number of sulfonamides is 1. The molecule has 11 heteroatoms. The van der Waals surface area contributed by atoms with Crippen molar-refractivity contribution in [2.45, 2.75) is 44.0 Å². The maximum Gasteiger partial charge on any atom is 0.327 e. The van der Waals surface area contributed by atoms with Crippen LogP contribution in [0.2, 0.25) is 5.02 Å². The second-order valence-corrected chi connectivity index (χ2v) is 10.9. The SMILES string of the molecule is CCOC(=O)Cn1ncc2c1CCCC2.CNS(=O)(=O)c1ccc(Oc2ccc(Br)cc2)c(Cl)c1. The third-order valence-electron chi connectivity index (χ3n) is 5.25. The average Bonchev–Trinajstić information content (AvgIpc) is 3.25. The number of benzene rings is 2. The van der Waals surface area contributed by atoms with Crippen LogP contribution in [0.5, 0.6) is 11.5 Å². The van der Waals surface area contributed by atoms with Gasteiger partial charge in [-0.05, 0) is 87.7 Å². The maximum absolute atomic E-state index is 11.6. The van der Waals surface area contributed by atoms with Crippen LogP contribution in [0.25, 0.3) is 0 Å². The minimum Gasteiger partial charge on any atom is -0.465 e. The number of carbonyl (C=O) groups is 1. The van der Waals surface area contributed by atoms with E-state index < -0.39 is 10.0 Å². The van der Waals surface area contributed by atoms with Crippen molar-refractivity contribution in [2.75, 3.05) is 13.7 Å². The van der Waals surface area contributed by atoms with E-state index in [4.69, 9.17) is 21.1 Å². The number of hydrogen-bond donors (Lipinski definition) is 1. The fraction of sp³-hybridized carbons (Fsp3) is 0.333. The molecule has 1 aliphatic rings. The monoisotopic (exact) mass is 583 g/mol. The highest BCUT2D eigenvalue weighted by Crippen LogP contribution is 2.31. The van der Waals surface area contributed by atoms with E-state index in [-0.39, 0.29) is 22.4 Å². The first-order valence-corrected chi connectivity index (χ1v) is 13.7. The fourth-order valence-corrected chi connectivity index (χ4v) is 4.80. The summed E-state index contributed by atoms with van der Waals surface area (Å²) in [7, 11) is -2.17. The number of esters is 1. The number of fused-ring (bicyclic) bond motifs is 1. The Morgan fingerprint density at radius 1 is 1.17 bits per heavy atom. The van der Waals surface area contributed by atoms with Gasteiger partial charge in [0.05, 0.1) is 22.7 Å². The van der Waals surface area contributed by atoms with Gasteiger partial charge >= 0.3 is 5.97 Å². The highest BCUT2D eigenvalue weighted by molar-refractivity contribution is 9.10. The Balaban J connectivity index is 0.000000203. The van der Waals surface area contributed by atoms with Crippen molar-refractivity contribution in [2.24, 2.45) is 0 Å². The van der Waals surface area contributed by atoms with Gasteiger partial charge in [-0.3, -0.25) is 9.48 Å². The molecule has 0 saturated heterocycles. The largest absolute Gasteiger partial charge is 0.465 e. The molecule has 3 aromatic rings. The molecule has 0 aliphatic heterocycles. The summed E-state index contributed by atoms with van der Waals surface area (Å²) in [5.41, 5.74) is 2.51. The Morgan fingerprint density at radius 3 is 2.54 bits per heavy atom. The number of nitrogens with one attached hydrogen (secondary N) is 1. The summed E-state index contributed by atoms with van der Waals surface area (Å²) < 4.78 is 38.7. The molecule has 8 nitrogen and oxygen atoms in total. The van der Waals surface area contributed by atoms with Crippen molar-refractivity contribution in [1.29, 1.82) is 0 Å². The number of nitrogens with zero attached hydrogens (tertiary/aromatic N) is 2. The van der Waals surface area contributed by atoms with Crippen LogP contribution in [-0.4, -0.2) is 37.8 Å². The van der Waals surface area contributed by atoms with Crippen molar-refractivity contribution in [3.63, 3.8) is 0 Å². The third-order valence-corrected chi connectivity index (χ3v) is 7.49. The number of rotatable bonds is 7. The summed E-state index contributed by atoms with van der Waals surface area (Å²) in [6.07, 6.45) is 6.44. The molecule has 1 aliphatic carbocycles. The molecular weight excluding hydrogens is 558 g/mol. The fourth-order valence-electron chi connectivity index (χ4n) is 3.50. The van der Waals surface area contributed by atoms with E-state index in [1.807, 2.05) is 25.3 Å². The minimum absolute atomic E-state index is 0.0909. The first-order valence-electron chi connectivity index (χ1n) is 11.1. The summed E-state index contributed by atoms with van der Waals surface area (Å²) in [4.78, 5) is 11.4. The zero-order valence-corrected chi connectivity index (χ0v) is 22.6. The molecule has 0 bridgehead atoms. The van der Waals surface area contributed by atoms with Crippen LogP contribution in [0.1, 0.15) is 31.0 Å². The normalized spacial score (nSPS) is 12.8. The van der Waals surface area contributed by atoms with Crippen LogP contribution in [-0.2, 0) is 38.9 Å². The van der Waals surface area contributed by atoms with Gasteiger partial charge in [0.25, 0.3) is 0 Å². The Hall–Kier alpha value is -2.40. The van der Waals surface area contributed by atoms with Crippen LogP contribution in [0.3, 0.4) is 0 Å². The first kappa shape index (κ1) is 27.2. The lowest BCUT2D eigenvalue weighted by molar-refractivity contribution is -0.144. The molecule has 2 aromatic carbocycles. The Morgan fingerprint density at radius 2 is 1.89 bits per heavy atom. The number of carbonyl (C=O) groups excluding carboxylic acids is 1. The average molecular weight is 585 g/mol. The molecule has 0 saturated carbocycles. The lowest BCUT2D eigenvalue weighted by Crippen LogP contribution is -2.18. The van der Waals surface area contributed by atoms with Crippen molar-refractivity contribution >= 4 is 43.5 Å². The van der Waals surface area contributed by atoms with Crippen LogP contribution in [0, 0.1) is 0 Å². The van der Waals surface area contributed by atoms with E-state index in [1.165, 1.54) is 49.3 Å². The van der Waals surface area contributed by atoms with Gasteiger partial charge in [0, 0.05) is 10.2 Å². The predicted octanol–water partition coefficient (Wildman–Crippen LogP) is 5.13. The molecule has 1 heterocycles. The molecule has 0 spiro atoms. The lowest BCUT2D eigenvalue weighted by Gasteiger charge is -2.13. The number of aryl methyl sites for hydroxylation is 1. The standard InChI is InChI=1S/C13H11BrClNO3S.C11H16N2O2/c1-16-20(17,18)11-6-7-13(12(15)8-11)19-10-4-2-9(14)3-5-10;1-2-15-11(14)8-13-10-6-4-3-5-9(10)7-12-13/h2-8,16H,1H3;7H,2-6,8H2,1H3. The van der Waals surface area contributed by atoms with E-state index in [2.05, 4.69) is 25.8 Å². The number of hydrogen-bond acceptors (Lipinski definition) is 6. The smallest absolute Gasteiger partial charge is 0.327 e. The summed E-state index contributed by atoms with van der Waals surface area (Å²) in [6, 6.07) is 11.5. The zero-order chi connectivity index (χ0) is 25.4. The summed E-state index contributed by atoms with van der Waals surface area (Å²) in [6.45, 7) is 2.50. The quantitative estimate of drug-likeness (QED) is 0.387. The molecular formula is C24H27BrClN3O5S. The van der Waals surface area contributed by atoms with E-state index in [1.54, 1.807) is 16.8 Å². The van der Waals surface area contributed by atoms with E-state index in [0.29, 0.717) is 18.1 Å². The van der Waals surface area contributed by atoms with E-state index >= 15 is 0 Å². The Labute approximate surface area is 218 Å². The lowest BCUT2D eigenvalue weighted by atomic mass is 9.98. The van der Waals surface area contributed by atoms with Gasteiger partial charge in [-0.2, -0.15) is 5.10 Å². The van der Waals surface area contributed by atoms with Crippen molar-refractivity contribution in [1.82, 2.24) is 14.5 Å². The van der Waals surface area contributed by atoms with Crippen molar-refractivity contribution in [3.8, 4) is 11.5 Å². The van der Waals surface area contributed by atoms with Crippen LogP contribution in [0.4, 0.5) is 0 Å². The minimum atomic E-state index is -3.51. The Bertz CT molecular complexity index is 1260. The molecule has 1 aromatic heterocycles. The molecule has 35 heavy (non-hydrogen) atoms. The molecule has 188 valence electrons. The van der Waals surface area contributed by atoms with Gasteiger partial charge in [0.2, 0.25) is 10.0 Å². The summed E-state index contributed by atoms with van der Waals surface area (Å²) in [5.74, 6) is 0.803. The molecule has 1 N–H and O–H groups in total. The van der Waals surface area contributed by atoms with E-state index in [9.17, 15) is 13.2 Å². The van der Waals surface area contributed by atoms with Crippen molar-refractivity contribution in [3.05, 3.63) is 69.4 Å².